The van der Waals surface area contributed by atoms with Gasteiger partial charge in [0.1, 0.15) is 17.3 Å². The second-order valence-corrected chi connectivity index (χ2v) is 4.65. The largest absolute Gasteiger partial charge is 0.477 e. The third kappa shape index (κ3) is 3.03. The Balaban J connectivity index is 2.35. The molecule has 110 valence electrons. The zero-order chi connectivity index (χ0) is 15.7. The highest BCUT2D eigenvalue weighted by Gasteiger charge is 2.19. The summed E-state index contributed by atoms with van der Waals surface area (Å²) < 4.78 is 26.9. The smallest absolute Gasteiger partial charge is 0.354 e. The number of aromatic nitrogens is 1. The molecule has 21 heavy (non-hydrogen) atoms. The number of carboxylic acids is 1. The van der Waals surface area contributed by atoms with E-state index in [4.69, 9.17) is 16.7 Å². The molecule has 0 spiro atoms. The molecule has 2 aromatic rings. The number of benzene rings is 1. The van der Waals surface area contributed by atoms with Crippen LogP contribution in [-0.2, 0) is 0 Å². The van der Waals surface area contributed by atoms with Crippen molar-refractivity contribution in [3.05, 3.63) is 51.8 Å². The van der Waals surface area contributed by atoms with E-state index in [9.17, 15) is 18.4 Å². The predicted molar refractivity (Wildman–Crippen MR) is 71.8 cm³/mol. The molecule has 0 radical (unpaired) electrons. The number of aryl methyl sites for hydroxylation is 1. The molecule has 0 bridgehead atoms. The van der Waals surface area contributed by atoms with E-state index >= 15 is 0 Å². The van der Waals surface area contributed by atoms with E-state index in [1.807, 2.05) is 0 Å². The number of amides is 1. The van der Waals surface area contributed by atoms with Crippen LogP contribution in [0.5, 0.6) is 0 Å². The first kappa shape index (κ1) is 15.0. The van der Waals surface area contributed by atoms with Crippen LogP contribution in [0.25, 0.3) is 0 Å². The first-order valence-corrected chi connectivity index (χ1v) is 6.06. The molecule has 0 saturated carbocycles. The summed E-state index contributed by atoms with van der Waals surface area (Å²) in [5, 5.41) is 10.7. The molecule has 8 heteroatoms. The fourth-order valence-electron chi connectivity index (χ4n) is 1.74. The van der Waals surface area contributed by atoms with Gasteiger partial charge in [0.15, 0.2) is 0 Å². The van der Waals surface area contributed by atoms with Crippen molar-refractivity contribution >= 4 is 29.2 Å². The van der Waals surface area contributed by atoms with Gasteiger partial charge in [-0.15, -0.1) is 0 Å². The summed E-state index contributed by atoms with van der Waals surface area (Å²) in [4.78, 5) is 25.4. The van der Waals surface area contributed by atoms with Crippen LogP contribution in [0.4, 0.5) is 14.5 Å². The molecule has 0 aliphatic rings. The van der Waals surface area contributed by atoms with Crippen LogP contribution < -0.4 is 5.32 Å². The van der Waals surface area contributed by atoms with Crippen molar-refractivity contribution < 1.29 is 23.5 Å². The van der Waals surface area contributed by atoms with Crippen LogP contribution in [0.15, 0.2) is 18.2 Å². The number of hydrogen-bond acceptors (Lipinski definition) is 2. The van der Waals surface area contributed by atoms with Crippen molar-refractivity contribution in [1.82, 2.24) is 4.98 Å². The van der Waals surface area contributed by atoms with Gasteiger partial charge in [0.2, 0.25) is 0 Å². The number of carbonyl (C=O) groups excluding carboxylic acids is 1. The second-order valence-electron chi connectivity index (χ2n) is 4.25. The highest BCUT2D eigenvalue weighted by molar-refractivity contribution is 6.30. The summed E-state index contributed by atoms with van der Waals surface area (Å²) >= 11 is 5.39. The Kier molecular flexibility index (Phi) is 3.95. The van der Waals surface area contributed by atoms with Gasteiger partial charge in [0, 0.05) is 5.69 Å². The standard InChI is InChI=1S/C13H9ClF2N2O3/c1-5-2-10(11(17-5)13(20)21)18-12(19)6-3-9(16)7(14)4-8(6)15/h2-4,17H,1H3,(H,18,19)(H,20,21). The molecule has 0 atom stereocenters. The molecule has 0 aliphatic carbocycles. The number of nitrogens with one attached hydrogen (secondary N) is 2. The van der Waals surface area contributed by atoms with Crippen LogP contribution in [0, 0.1) is 18.6 Å². The van der Waals surface area contributed by atoms with Crippen molar-refractivity contribution in [2.24, 2.45) is 0 Å². The van der Waals surface area contributed by atoms with Crippen molar-refractivity contribution in [3.8, 4) is 0 Å². The number of H-pyrrole nitrogens is 1. The third-order valence-electron chi connectivity index (χ3n) is 2.67. The van der Waals surface area contributed by atoms with Gasteiger partial charge in [-0.3, -0.25) is 4.79 Å². The number of halogens is 3. The molecule has 2 rings (SSSR count). The zero-order valence-electron chi connectivity index (χ0n) is 10.6. The monoisotopic (exact) mass is 314 g/mol. The molecule has 5 nitrogen and oxygen atoms in total. The maximum absolute atomic E-state index is 13.6. The van der Waals surface area contributed by atoms with Crippen molar-refractivity contribution in [2.45, 2.75) is 6.92 Å². The molecular formula is C13H9ClF2N2O3. The Morgan fingerprint density at radius 2 is 1.90 bits per heavy atom. The molecule has 1 heterocycles. The maximum Gasteiger partial charge on any atom is 0.354 e. The number of carbonyl (C=O) groups is 2. The van der Waals surface area contributed by atoms with Gasteiger partial charge in [-0.25, -0.2) is 13.6 Å². The lowest BCUT2D eigenvalue weighted by Gasteiger charge is -2.06. The van der Waals surface area contributed by atoms with Gasteiger partial charge in [0.25, 0.3) is 5.91 Å². The van der Waals surface area contributed by atoms with Crippen molar-refractivity contribution in [1.29, 1.82) is 0 Å². The van der Waals surface area contributed by atoms with Gasteiger partial charge in [-0.2, -0.15) is 0 Å². The number of aromatic carboxylic acids is 1. The van der Waals surface area contributed by atoms with E-state index in [2.05, 4.69) is 10.3 Å². The summed E-state index contributed by atoms with van der Waals surface area (Å²) in [7, 11) is 0. The Morgan fingerprint density at radius 3 is 2.52 bits per heavy atom. The average molecular weight is 315 g/mol. The average Bonchev–Trinajstić information content (AvgIpc) is 2.74. The highest BCUT2D eigenvalue weighted by Crippen LogP contribution is 2.22. The summed E-state index contributed by atoms with van der Waals surface area (Å²) in [6, 6.07) is 2.69. The predicted octanol–water partition coefficient (Wildman–Crippen LogP) is 3.21. The number of anilines is 1. The van der Waals surface area contributed by atoms with Crippen molar-refractivity contribution in [3.63, 3.8) is 0 Å². The first-order valence-electron chi connectivity index (χ1n) is 5.68. The Labute approximate surface area is 122 Å². The maximum atomic E-state index is 13.6. The molecule has 1 amide bonds. The number of aromatic amines is 1. The Hall–Kier alpha value is -2.41. The SMILES string of the molecule is Cc1cc(NC(=O)c2cc(F)c(Cl)cc2F)c(C(=O)O)[nH]1. The van der Waals surface area contributed by atoms with E-state index in [0.29, 0.717) is 17.8 Å². The number of rotatable bonds is 3. The van der Waals surface area contributed by atoms with E-state index < -0.39 is 34.1 Å². The quantitative estimate of drug-likeness (QED) is 0.761. The van der Waals surface area contributed by atoms with Crippen LogP contribution >= 0.6 is 11.6 Å². The Bertz CT molecular complexity index is 743. The molecule has 0 aliphatic heterocycles. The molecule has 1 aromatic carbocycles. The molecule has 3 N–H and O–H groups in total. The van der Waals surface area contributed by atoms with E-state index in [1.165, 1.54) is 6.07 Å². The van der Waals surface area contributed by atoms with E-state index in [1.54, 1.807) is 6.92 Å². The summed E-state index contributed by atoms with van der Waals surface area (Å²) in [5.41, 5.74) is -0.381. The summed E-state index contributed by atoms with van der Waals surface area (Å²) in [6.45, 7) is 1.59. The minimum atomic E-state index is -1.29. The van der Waals surface area contributed by atoms with Crippen LogP contribution in [0.3, 0.4) is 0 Å². The molecule has 0 fully saturated rings. The molecule has 0 unspecified atom stereocenters. The highest BCUT2D eigenvalue weighted by atomic mass is 35.5. The minimum absolute atomic E-state index is 0.0419. The minimum Gasteiger partial charge on any atom is -0.477 e. The van der Waals surface area contributed by atoms with Gasteiger partial charge in [-0.05, 0) is 25.1 Å². The van der Waals surface area contributed by atoms with Crippen LogP contribution in [0.2, 0.25) is 5.02 Å². The van der Waals surface area contributed by atoms with Gasteiger partial charge in [0.05, 0.1) is 16.3 Å². The van der Waals surface area contributed by atoms with Crippen molar-refractivity contribution in [2.75, 3.05) is 5.32 Å². The van der Waals surface area contributed by atoms with E-state index in [-0.39, 0.29) is 11.4 Å². The van der Waals surface area contributed by atoms with Gasteiger partial charge < -0.3 is 15.4 Å². The molecule has 1 aromatic heterocycles. The lowest BCUT2D eigenvalue weighted by Crippen LogP contribution is -2.16. The van der Waals surface area contributed by atoms with Gasteiger partial charge >= 0.3 is 5.97 Å². The number of hydrogen-bond donors (Lipinski definition) is 3. The molecule has 0 saturated heterocycles. The van der Waals surface area contributed by atoms with Crippen LogP contribution in [0.1, 0.15) is 26.5 Å². The lowest BCUT2D eigenvalue weighted by atomic mass is 10.2. The van der Waals surface area contributed by atoms with Gasteiger partial charge in [-0.1, -0.05) is 11.6 Å². The number of carboxylic acid groups (broad SMARTS) is 1. The summed E-state index contributed by atoms with van der Waals surface area (Å²) in [5.74, 6) is -4.24. The normalized spacial score (nSPS) is 10.5. The van der Waals surface area contributed by atoms with E-state index in [0.717, 1.165) is 0 Å². The zero-order valence-corrected chi connectivity index (χ0v) is 11.4. The molecular weight excluding hydrogens is 306 g/mol. The fourth-order valence-corrected chi connectivity index (χ4v) is 1.89. The second kappa shape index (κ2) is 5.53. The fraction of sp³-hybridized carbons (Fsp3) is 0.0769. The van der Waals surface area contributed by atoms with Crippen LogP contribution in [-0.4, -0.2) is 22.0 Å². The topological polar surface area (TPSA) is 82.2 Å². The third-order valence-corrected chi connectivity index (χ3v) is 2.96. The first-order chi connectivity index (χ1) is 9.79. The lowest BCUT2D eigenvalue weighted by molar-refractivity contribution is 0.0692. The Morgan fingerprint density at radius 1 is 1.24 bits per heavy atom. The summed E-state index contributed by atoms with van der Waals surface area (Å²) in [6.07, 6.45) is 0.